The lowest BCUT2D eigenvalue weighted by molar-refractivity contribution is -0.188. The summed E-state index contributed by atoms with van der Waals surface area (Å²) in [5.74, 6) is -2.06. The summed E-state index contributed by atoms with van der Waals surface area (Å²) in [5, 5.41) is 22.6. The molecule has 7 nitrogen and oxygen atoms in total. The molecule has 2 fully saturated rings. The van der Waals surface area contributed by atoms with Crippen LogP contribution in [0, 0.1) is 34.0 Å². The number of hydrogen-bond donors (Lipinski definition) is 2. The fourth-order valence-corrected chi connectivity index (χ4v) is 6.95. The quantitative estimate of drug-likeness (QED) is 0.479. The summed E-state index contributed by atoms with van der Waals surface area (Å²) in [6.07, 6.45) is 1.33. The summed E-state index contributed by atoms with van der Waals surface area (Å²) in [6, 6.07) is 0. The predicted octanol–water partition coefficient (Wildman–Crippen LogP) is 2.74. The molecule has 0 unspecified atom stereocenters. The van der Waals surface area contributed by atoms with Gasteiger partial charge in [0.05, 0.1) is 12.0 Å². The maximum atomic E-state index is 13.5. The number of rotatable bonds is 5. The predicted molar refractivity (Wildman–Crippen MR) is 120 cm³/mol. The lowest BCUT2D eigenvalue weighted by atomic mass is 9.50. The molecule has 4 aliphatic carbocycles. The molecule has 182 valence electrons. The van der Waals surface area contributed by atoms with Crippen LogP contribution in [0.15, 0.2) is 23.8 Å². The standard InChI is InChI=1S/C26H36O7/c1-7-24(5)9-8-16-18(22(24)30)19(28)20(29)21-25(6,12-32-23(31)13(2)3)17(33-14(4)27)10-15-11-26(15,16)21/h7,13,15,17,20-22,29-30H,1,8-12H2,2-6H3/t15-,17+,20-,21-,22+,24-,25+,26+/m0/s1. The van der Waals surface area contributed by atoms with Gasteiger partial charge in [0.15, 0.2) is 5.78 Å². The lowest BCUT2D eigenvalue weighted by Gasteiger charge is -2.56. The fourth-order valence-electron chi connectivity index (χ4n) is 6.95. The van der Waals surface area contributed by atoms with Gasteiger partial charge in [0.25, 0.3) is 0 Å². The Labute approximate surface area is 195 Å². The smallest absolute Gasteiger partial charge is 0.308 e. The number of carbonyl (C=O) groups excluding carboxylic acids is 3. The van der Waals surface area contributed by atoms with Crippen LogP contribution < -0.4 is 0 Å². The van der Waals surface area contributed by atoms with Crippen molar-refractivity contribution in [1.82, 2.24) is 0 Å². The van der Waals surface area contributed by atoms with Gasteiger partial charge in [0.2, 0.25) is 0 Å². The maximum absolute atomic E-state index is 13.5. The van der Waals surface area contributed by atoms with Crippen LogP contribution in [-0.2, 0) is 23.9 Å². The highest BCUT2D eigenvalue weighted by molar-refractivity contribution is 6.02. The third-order valence-corrected chi connectivity index (χ3v) is 8.97. The van der Waals surface area contributed by atoms with Crippen LogP contribution >= 0.6 is 0 Å². The van der Waals surface area contributed by atoms with E-state index in [1.807, 2.05) is 13.8 Å². The molecule has 2 N–H and O–H groups in total. The van der Waals surface area contributed by atoms with Gasteiger partial charge in [-0.25, -0.2) is 0 Å². The van der Waals surface area contributed by atoms with E-state index in [-0.39, 0.29) is 24.4 Å². The van der Waals surface area contributed by atoms with E-state index in [1.165, 1.54) is 6.92 Å². The SMILES string of the molecule is C=C[C@@]1(C)CCC2=C(C(=O)[C@H](O)[C@H]3[C@](C)(COC(=O)C(C)C)[C@H](OC(C)=O)C[C@H]4C[C@]243)[C@H]1O. The van der Waals surface area contributed by atoms with Crippen LogP contribution in [0.3, 0.4) is 0 Å². The molecule has 0 bridgehead atoms. The largest absolute Gasteiger partial charge is 0.465 e. The van der Waals surface area contributed by atoms with Crippen molar-refractivity contribution in [2.24, 2.45) is 34.0 Å². The second-order valence-corrected chi connectivity index (χ2v) is 11.3. The van der Waals surface area contributed by atoms with E-state index < -0.39 is 52.2 Å². The molecule has 0 aromatic carbocycles. The van der Waals surface area contributed by atoms with Crippen molar-refractivity contribution in [2.45, 2.75) is 78.6 Å². The number of carbonyl (C=O) groups is 3. The number of hydrogen-bond acceptors (Lipinski definition) is 7. The van der Waals surface area contributed by atoms with Gasteiger partial charge in [0.1, 0.15) is 18.8 Å². The third-order valence-electron chi connectivity index (χ3n) is 8.97. The van der Waals surface area contributed by atoms with Crippen LogP contribution in [0.2, 0.25) is 0 Å². The highest BCUT2D eigenvalue weighted by Crippen LogP contribution is 2.76. The highest BCUT2D eigenvalue weighted by atomic mass is 16.6. The molecule has 1 spiro atoms. The van der Waals surface area contributed by atoms with Gasteiger partial charge in [-0.05, 0) is 31.6 Å². The van der Waals surface area contributed by atoms with Crippen molar-refractivity contribution in [3.05, 3.63) is 23.8 Å². The molecule has 4 aliphatic rings. The number of esters is 2. The second-order valence-electron chi connectivity index (χ2n) is 11.3. The zero-order valence-electron chi connectivity index (χ0n) is 20.2. The van der Waals surface area contributed by atoms with E-state index in [0.29, 0.717) is 24.8 Å². The Kier molecular flexibility index (Phi) is 5.69. The molecular weight excluding hydrogens is 424 g/mol. The summed E-state index contributed by atoms with van der Waals surface area (Å²) in [4.78, 5) is 37.8. The molecule has 0 radical (unpaired) electrons. The Balaban J connectivity index is 1.80. The minimum atomic E-state index is -1.38. The van der Waals surface area contributed by atoms with Gasteiger partial charge in [-0.3, -0.25) is 14.4 Å². The van der Waals surface area contributed by atoms with Crippen LogP contribution in [0.25, 0.3) is 0 Å². The number of ketones is 1. The first-order valence-corrected chi connectivity index (χ1v) is 11.9. The van der Waals surface area contributed by atoms with Gasteiger partial charge in [-0.2, -0.15) is 0 Å². The van der Waals surface area contributed by atoms with Gasteiger partial charge < -0.3 is 19.7 Å². The Morgan fingerprint density at radius 3 is 2.52 bits per heavy atom. The molecule has 0 heterocycles. The Hall–Kier alpha value is -1.99. The lowest BCUT2D eigenvalue weighted by Crippen LogP contribution is -2.62. The molecule has 0 aromatic heterocycles. The van der Waals surface area contributed by atoms with Gasteiger partial charge in [-0.1, -0.05) is 39.3 Å². The Bertz CT molecular complexity index is 935. The Morgan fingerprint density at radius 2 is 1.94 bits per heavy atom. The van der Waals surface area contributed by atoms with Crippen molar-refractivity contribution < 1.29 is 34.1 Å². The van der Waals surface area contributed by atoms with Crippen molar-refractivity contribution in [3.63, 3.8) is 0 Å². The summed E-state index contributed by atoms with van der Waals surface area (Å²) < 4.78 is 11.3. The molecule has 0 saturated heterocycles. The number of aliphatic hydroxyl groups excluding tert-OH is 2. The normalized spacial score (nSPS) is 43.9. The highest BCUT2D eigenvalue weighted by Gasteiger charge is 2.76. The van der Waals surface area contributed by atoms with Crippen molar-refractivity contribution >= 4 is 17.7 Å². The summed E-state index contributed by atoms with van der Waals surface area (Å²) in [6.45, 7) is 12.4. The molecule has 0 amide bonds. The topological polar surface area (TPSA) is 110 Å². The summed E-state index contributed by atoms with van der Waals surface area (Å²) in [7, 11) is 0. The maximum Gasteiger partial charge on any atom is 0.308 e. The van der Waals surface area contributed by atoms with E-state index in [9.17, 15) is 24.6 Å². The van der Waals surface area contributed by atoms with E-state index in [0.717, 1.165) is 12.0 Å². The van der Waals surface area contributed by atoms with E-state index >= 15 is 0 Å². The minimum Gasteiger partial charge on any atom is -0.465 e. The van der Waals surface area contributed by atoms with Crippen molar-refractivity contribution in [1.29, 1.82) is 0 Å². The molecular formula is C26H36O7. The van der Waals surface area contributed by atoms with E-state index in [4.69, 9.17) is 9.47 Å². The molecule has 7 heteroatoms. The first-order valence-electron chi connectivity index (χ1n) is 11.9. The number of ether oxygens (including phenoxy) is 2. The van der Waals surface area contributed by atoms with Gasteiger partial charge in [0, 0.05) is 34.7 Å². The van der Waals surface area contributed by atoms with Crippen LogP contribution in [0.4, 0.5) is 0 Å². The monoisotopic (exact) mass is 460 g/mol. The zero-order valence-corrected chi connectivity index (χ0v) is 20.2. The van der Waals surface area contributed by atoms with E-state index in [1.54, 1.807) is 19.9 Å². The number of aliphatic hydroxyl groups is 2. The molecule has 8 atom stereocenters. The first-order chi connectivity index (χ1) is 15.3. The van der Waals surface area contributed by atoms with Gasteiger partial charge >= 0.3 is 11.9 Å². The average Bonchev–Trinajstić information content (AvgIpc) is 3.45. The van der Waals surface area contributed by atoms with Crippen molar-refractivity contribution in [2.75, 3.05) is 6.61 Å². The van der Waals surface area contributed by atoms with Crippen molar-refractivity contribution in [3.8, 4) is 0 Å². The van der Waals surface area contributed by atoms with Gasteiger partial charge in [-0.15, -0.1) is 6.58 Å². The Morgan fingerprint density at radius 1 is 1.27 bits per heavy atom. The van der Waals surface area contributed by atoms with Crippen LogP contribution in [-0.4, -0.2) is 52.9 Å². The molecule has 0 aliphatic heterocycles. The molecule has 0 aromatic rings. The molecule has 33 heavy (non-hydrogen) atoms. The number of Topliss-reactive ketones (excluding diaryl/α,β-unsaturated/α-hetero) is 1. The summed E-state index contributed by atoms with van der Waals surface area (Å²) in [5.41, 5.74) is -0.764. The average molecular weight is 461 g/mol. The number of allylic oxidation sites excluding steroid dienone is 1. The fraction of sp³-hybridized carbons (Fsp3) is 0.731. The minimum absolute atomic E-state index is 0.0546. The molecule has 2 saturated carbocycles. The van der Waals surface area contributed by atoms with E-state index in [2.05, 4.69) is 6.58 Å². The second kappa shape index (κ2) is 7.77. The zero-order chi connectivity index (χ0) is 24.5. The molecule has 4 rings (SSSR count). The summed E-state index contributed by atoms with van der Waals surface area (Å²) >= 11 is 0. The third kappa shape index (κ3) is 3.34. The van der Waals surface area contributed by atoms with Crippen LogP contribution in [0.1, 0.15) is 60.3 Å². The first kappa shape index (κ1) is 24.1. The van der Waals surface area contributed by atoms with Crippen LogP contribution in [0.5, 0.6) is 0 Å².